The summed E-state index contributed by atoms with van der Waals surface area (Å²) in [6, 6.07) is 11.8. The molecule has 0 bridgehead atoms. The fraction of sp³-hybridized carbons (Fsp3) is 0.286. The summed E-state index contributed by atoms with van der Waals surface area (Å²) >= 11 is 0. The van der Waals surface area contributed by atoms with Crippen molar-refractivity contribution in [3.63, 3.8) is 0 Å². The topological polar surface area (TPSA) is 94.2 Å². The maximum atomic E-state index is 12.6. The maximum absolute atomic E-state index is 12.6. The summed E-state index contributed by atoms with van der Waals surface area (Å²) in [5.74, 6) is 0.118. The third-order valence-electron chi connectivity index (χ3n) is 4.74. The third-order valence-corrected chi connectivity index (χ3v) is 4.74. The Labute approximate surface area is 167 Å². The number of carbonyl (C=O) groups excluding carboxylic acids is 3. The summed E-state index contributed by atoms with van der Waals surface area (Å²) in [5.41, 5.74) is 0.409. The van der Waals surface area contributed by atoms with Gasteiger partial charge in [0.05, 0.1) is 23.3 Å². The lowest BCUT2D eigenvalue weighted by atomic mass is 10.0. The van der Waals surface area contributed by atoms with E-state index in [1.165, 1.54) is 4.90 Å². The lowest BCUT2D eigenvalue weighted by Gasteiger charge is -2.33. The lowest BCUT2D eigenvalue weighted by Crippen LogP contribution is -2.50. The van der Waals surface area contributed by atoms with E-state index >= 15 is 0 Å². The molecule has 0 atom stereocenters. The number of ether oxygens (including phenoxy) is 3. The van der Waals surface area contributed by atoms with Crippen molar-refractivity contribution in [3.8, 4) is 11.5 Å². The average Bonchev–Trinajstić information content (AvgIpc) is 3.24. The fourth-order valence-electron chi connectivity index (χ4n) is 3.37. The van der Waals surface area contributed by atoms with Crippen LogP contribution in [0.25, 0.3) is 0 Å². The molecule has 8 heteroatoms. The first-order valence-electron chi connectivity index (χ1n) is 9.12. The molecule has 0 saturated carbocycles. The number of imide groups is 1. The molecule has 0 unspecified atom stereocenters. The molecule has 1 N–H and O–H groups in total. The first kappa shape index (κ1) is 18.9. The number of nitrogens with one attached hydrogen (secondary N) is 1. The van der Waals surface area contributed by atoms with Gasteiger partial charge in [-0.15, -0.1) is 0 Å². The van der Waals surface area contributed by atoms with Crippen molar-refractivity contribution in [3.05, 3.63) is 53.6 Å². The molecule has 0 radical (unpaired) electrons. The molecule has 29 heavy (non-hydrogen) atoms. The highest BCUT2D eigenvalue weighted by Gasteiger charge is 2.44. The molecule has 2 aliphatic heterocycles. The standard InChI is InChI=1S/C21H20N2O6/c1-21(2,23-19(25)14-5-3-4-6-15(14)20(23)26)11-27-10-18(24)22-13-7-8-16-17(9-13)29-12-28-16/h3-9H,10-12H2,1-2H3,(H,22,24). The SMILES string of the molecule is CC(C)(COCC(=O)Nc1ccc2c(c1)OCO2)N1C(=O)c2ccccc2C1=O. The molecule has 0 aromatic heterocycles. The van der Waals surface area contributed by atoms with E-state index in [1.54, 1.807) is 56.3 Å². The van der Waals surface area contributed by atoms with Gasteiger partial charge in [0.2, 0.25) is 12.7 Å². The monoisotopic (exact) mass is 396 g/mol. The second-order valence-electron chi connectivity index (χ2n) is 7.41. The summed E-state index contributed by atoms with van der Waals surface area (Å²) < 4.78 is 16.0. The normalized spacial score (nSPS) is 14.9. The molecule has 2 aliphatic rings. The first-order chi connectivity index (χ1) is 13.9. The molecule has 0 fully saturated rings. The molecule has 3 amide bonds. The van der Waals surface area contributed by atoms with Gasteiger partial charge in [-0.25, -0.2) is 0 Å². The van der Waals surface area contributed by atoms with Gasteiger partial charge in [-0.1, -0.05) is 12.1 Å². The van der Waals surface area contributed by atoms with Crippen molar-refractivity contribution in [1.82, 2.24) is 4.90 Å². The van der Waals surface area contributed by atoms with Crippen molar-refractivity contribution in [2.24, 2.45) is 0 Å². The first-order valence-corrected chi connectivity index (χ1v) is 9.12. The Morgan fingerprint density at radius 3 is 2.41 bits per heavy atom. The zero-order valence-electron chi connectivity index (χ0n) is 16.1. The van der Waals surface area contributed by atoms with Crippen LogP contribution >= 0.6 is 0 Å². The third kappa shape index (κ3) is 3.54. The number of anilines is 1. The molecule has 2 aromatic carbocycles. The van der Waals surface area contributed by atoms with E-state index in [0.29, 0.717) is 28.3 Å². The lowest BCUT2D eigenvalue weighted by molar-refractivity contribution is -0.121. The Morgan fingerprint density at radius 2 is 1.72 bits per heavy atom. The van der Waals surface area contributed by atoms with Crippen LogP contribution in [0.2, 0.25) is 0 Å². The molecule has 0 aliphatic carbocycles. The molecule has 150 valence electrons. The van der Waals surface area contributed by atoms with Crippen LogP contribution in [-0.4, -0.2) is 48.2 Å². The van der Waals surface area contributed by atoms with Crippen LogP contribution in [0.1, 0.15) is 34.6 Å². The zero-order valence-corrected chi connectivity index (χ0v) is 16.1. The Bertz CT molecular complexity index is 965. The Kier molecular flexibility index (Phi) is 4.71. The largest absolute Gasteiger partial charge is 0.454 e. The molecule has 0 saturated heterocycles. The van der Waals surface area contributed by atoms with E-state index in [4.69, 9.17) is 14.2 Å². The van der Waals surface area contributed by atoms with Gasteiger partial charge in [-0.05, 0) is 38.1 Å². The van der Waals surface area contributed by atoms with Gasteiger partial charge in [-0.2, -0.15) is 0 Å². The summed E-state index contributed by atoms with van der Waals surface area (Å²) in [7, 11) is 0. The van der Waals surface area contributed by atoms with Gasteiger partial charge >= 0.3 is 0 Å². The highest BCUT2D eigenvalue weighted by molar-refractivity contribution is 6.21. The molecule has 2 heterocycles. The number of carbonyl (C=O) groups is 3. The minimum absolute atomic E-state index is 0.0209. The highest BCUT2D eigenvalue weighted by atomic mass is 16.7. The summed E-state index contributed by atoms with van der Waals surface area (Å²) in [4.78, 5) is 38.6. The van der Waals surface area contributed by atoms with Crippen molar-refractivity contribution in [2.75, 3.05) is 25.3 Å². The van der Waals surface area contributed by atoms with E-state index in [1.807, 2.05) is 0 Å². The van der Waals surface area contributed by atoms with E-state index in [-0.39, 0.29) is 37.7 Å². The Hall–Kier alpha value is -3.39. The van der Waals surface area contributed by atoms with Crippen LogP contribution in [0.4, 0.5) is 5.69 Å². The van der Waals surface area contributed by atoms with Gasteiger partial charge in [0, 0.05) is 11.8 Å². The van der Waals surface area contributed by atoms with Crippen LogP contribution in [0.3, 0.4) is 0 Å². The molecule has 4 rings (SSSR count). The van der Waals surface area contributed by atoms with E-state index < -0.39 is 5.54 Å². The maximum Gasteiger partial charge on any atom is 0.262 e. The van der Waals surface area contributed by atoms with Crippen LogP contribution in [-0.2, 0) is 9.53 Å². The number of amides is 3. The number of benzene rings is 2. The number of fused-ring (bicyclic) bond motifs is 2. The summed E-state index contributed by atoms with van der Waals surface area (Å²) in [6.45, 7) is 3.41. The number of nitrogens with zero attached hydrogens (tertiary/aromatic N) is 1. The predicted molar refractivity (Wildman–Crippen MR) is 103 cm³/mol. The van der Waals surface area contributed by atoms with Crippen LogP contribution in [0.15, 0.2) is 42.5 Å². The van der Waals surface area contributed by atoms with Crippen molar-refractivity contribution >= 4 is 23.4 Å². The summed E-state index contributed by atoms with van der Waals surface area (Å²) in [5, 5.41) is 2.71. The Morgan fingerprint density at radius 1 is 1.07 bits per heavy atom. The minimum atomic E-state index is -0.911. The average molecular weight is 396 g/mol. The van der Waals surface area contributed by atoms with Gasteiger partial charge < -0.3 is 19.5 Å². The quantitative estimate of drug-likeness (QED) is 0.754. The number of hydrogen-bond donors (Lipinski definition) is 1. The van der Waals surface area contributed by atoms with E-state index in [9.17, 15) is 14.4 Å². The molecular formula is C21H20N2O6. The van der Waals surface area contributed by atoms with Gasteiger partial charge in [0.15, 0.2) is 11.5 Å². The smallest absolute Gasteiger partial charge is 0.262 e. The number of rotatable bonds is 6. The molecule has 0 spiro atoms. The number of hydrogen-bond acceptors (Lipinski definition) is 6. The van der Waals surface area contributed by atoms with Crippen molar-refractivity contribution in [1.29, 1.82) is 0 Å². The van der Waals surface area contributed by atoms with Gasteiger partial charge in [-0.3, -0.25) is 19.3 Å². The Balaban J connectivity index is 1.33. The predicted octanol–water partition coefficient (Wildman–Crippen LogP) is 2.45. The van der Waals surface area contributed by atoms with E-state index in [2.05, 4.69) is 5.32 Å². The molecule has 2 aromatic rings. The second kappa shape index (κ2) is 7.21. The fourth-order valence-corrected chi connectivity index (χ4v) is 3.37. The molecule has 8 nitrogen and oxygen atoms in total. The second-order valence-corrected chi connectivity index (χ2v) is 7.41. The van der Waals surface area contributed by atoms with Crippen LogP contribution in [0.5, 0.6) is 11.5 Å². The van der Waals surface area contributed by atoms with Crippen molar-refractivity contribution in [2.45, 2.75) is 19.4 Å². The highest BCUT2D eigenvalue weighted by Crippen LogP contribution is 2.34. The van der Waals surface area contributed by atoms with Crippen LogP contribution < -0.4 is 14.8 Å². The molecular weight excluding hydrogens is 376 g/mol. The zero-order chi connectivity index (χ0) is 20.6. The van der Waals surface area contributed by atoms with Gasteiger partial charge in [0.25, 0.3) is 11.8 Å². The minimum Gasteiger partial charge on any atom is -0.454 e. The van der Waals surface area contributed by atoms with E-state index in [0.717, 1.165) is 0 Å². The van der Waals surface area contributed by atoms with Gasteiger partial charge in [0.1, 0.15) is 6.61 Å². The van der Waals surface area contributed by atoms with Crippen molar-refractivity contribution < 1.29 is 28.6 Å². The van der Waals surface area contributed by atoms with Crippen LogP contribution in [0, 0.1) is 0 Å². The summed E-state index contributed by atoms with van der Waals surface area (Å²) in [6.07, 6.45) is 0.